The van der Waals surface area contributed by atoms with E-state index in [2.05, 4.69) is 22.4 Å². The van der Waals surface area contributed by atoms with Crippen molar-refractivity contribution in [2.45, 2.75) is 27.7 Å². The predicted molar refractivity (Wildman–Crippen MR) is 95.3 cm³/mol. The third-order valence-corrected chi connectivity index (χ3v) is 3.83. The topological polar surface area (TPSA) is 62.3 Å². The van der Waals surface area contributed by atoms with E-state index in [4.69, 9.17) is 0 Å². The van der Waals surface area contributed by atoms with Crippen LogP contribution in [0, 0.1) is 20.8 Å². The molecular weight excluding hydrogens is 302 g/mol. The normalized spacial score (nSPS) is 10.3. The van der Waals surface area contributed by atoms with Crippen molar-refractivity contribution in [1.82, 2.24) is 10.3 Å². The largest absolute Gasteiger partial charge is 0.350 e. The van der Waals surface area contributed by atoms with Crippen molar-refractivity contribution >= 4 is 17.5 Å². The van der Waals surface area contributed by atoms with E-state index >= 15 is 0 Å². The first-order valence-corrected chi connectivity index (χ1v) is 7.94. The lowest BCUT2D eigenvalue weighted by Gasteiger charge is -2.25. The van der Waals surface area contributed by atoms with Crippen LogP contribution >= 0.6 is 0 Å². The molecule has 0 aliphatic carbocycles. The van der Waals surface area contributed by atoms with E-state index in [0.29, 0.717) is 18.7 Å². The molecule has 2 aromatic rings. The summed E-state index contributed by atoms with van der Waals surface area (Å²) >= 11 is 0. The molecule has 0 unspecified atom stereocenters. The number of aromatic nitrogens is 1. The average Bonchev–Trinajstić information content (AvgIpc) is 2.53. The van der Waals surface area contributed by atoms with Crippen molar-refractivity contribution in [3.63, 3.8) is 0 Å². The quantitative estimate of drug-likeness (QED) is 0.919. The number of rotatable bonds is 5. The van der Waals surface area contributed by atoms with Crippen LogP contribution in [0.4, 0.5) is 5.69 Å². The first-order chi connectivity index (χ1) is 11.4. The summed E-state index contributed by atoms with van der Waals surface area (Å²) in [6.07, 6.45) is 3.14. The Morgan fingerprint density at radius 1 is 1.17 bits per heavy atom. The van der Waals surface area contributed by atoms with Gasteiger partial charge in [0.1, 0.15) is 0 Å². The second-order valence-electron chi connectivity index (χ2n) is 5.92. The second-order valence-corrected chi connectivity index (χ2v) is 5.92. The summed E-state index contributed by atoms with van der Waals surface area (Å²) in [5, 5.41) is 2.83. The van der Waals surface area contributed by atoms with Gasteiger partial charge in [-0.05, 0) is 44.0 Å². The smallest absolute Gasteiger partial charge is 0.252 e. The minimum Gasteiger partial charge on any atom is -0.350 e. The number of benzene rings is 1. The molecule has 126 valence electrons. The van der Waals surface area contributed by atoms with Gasteiger partial charge in [0, 0.05) is 38.1 Å². The number of anilines is 1. The van der Waals surface area contributed by atoms with Crippen LogP contribution in [0.5, 0.6) is 0 Å². The maximum absolute atomic E-state index is 12.1. The third kappa shape index (κ3) is 4.19. The zero-order valence-electron chi connectivity index (χ0n) is 14.6. The number of pyridine rings is 1. The highest BCUT2D eigenvalue weighted by Crippen LogP contribution is 2.26. The predicted octanol–water partition coefficient (Wildman–Crippen LogP) is 2.79. The van der Waals surface area contributed by atoms with Crippen LogP contribution in [0.1, 0.15) is 34.0 Å². The van der Waals surface area contributed by atoms with E-state index in [1.165, 1.54) is 11.8 Å². The van der Waals surface area contributed by atoms with E-state index in [-0.39, 0.29) is 11.8 Å². The number of amides is 2. The van der Waals surface area contributed by atoms with Gasteiger partial charge in [-0.1, -0.05) is 17.7 Å². The molecule has 0 radical (unpaired) electrons. The van der Waals surface area contributed by atoms with Gasteiger partial charge in [-0.2, -0.15) is 0 Å². The number of carbonyl (C=O) groups is 2. The van der Waals surface area contributed by atoms with Crippen LogP contribution in [0.15, 0.2) is 36.7 Å². The summed E-state index contributed by atoms with van der Waals surface area (Å²) in [5.41, 5.74) is 4.71. The summed E-state index contributed by atoms with van der Waals surface area (Å²) in [6, 6.07) is 7.55. The fraction of sp³-hybridized carbons (Fsp3) is 0.316. The summed E-state index contributed by atoms with van der Waals surface area (Å²) in [6.45, 7) is 8.38. The maximum atomic E-state index is 12.1. The average molecular weight is 325 g/mol. The minimum atomic E-state index is -0.191. The lowest BCUT2D eigenvalue weighted by molar-refractivity contribution is -0.116. The Hall–Kier alpha value is -2.69. The highest BCUT2D eigenvalue weighted by Gasteiger charge is 2.17. The standard InChI is InChI=1S/C19H23N3O2/c1-13-10-14(2)18(15(3)11-13)22(16(4)23)9-8-21-19(24)17-6-5-7-20-12-17/h5-7,10-12H,8-9H2,1-4H3,(H,21,24). The molecule has 5 nitrogen and oxygen atoms in total. The number of aryl methyl sites for hydroxylation is 3. The molecule has 2 amide bonds. The molecule has 0 aliphatic rings. The van der Waals surface area contributed by atoms with Crippen LogP contribution in [0.2, 0.25) is 0 Å². The Morgan fingerprint density at radius 3 is 2.38 bits per heavy atom. The summed E-state index contributed by atoms with van der Waals surface area (Å²) < 4.78 is 0. The molecule has 1 aromatic heterocycles. The van der Waals surface area contributed by atoms with E-state index in [0.717, 1.165) is 16.8 Å². The maximum Gasteiger partial charge on any atom is 0.252 e. The van der Waals surface area contributed by atoms with Gasteiger partial charge in [-0.15, -0.1) is 0 Å². The van der Waals surface area contributed by atoms with Crippen molar-refractivity contribution in [3.8, 4) is 0 Å². The van der Waals surface area contributed by atoms with Crippen molar-refractivity contribution in [2.75, 3.05) is 18.0 Å². The first kappa shape index (κ1) is 17.7. The van der Waals surface area contributed by atoms with E-state index < -0.39 is 0 Å². The highest BCUT2D eigenvalue weighted by atomic mass is 16.2. The molecule has 0 bridgehead atoms. The zero-order chi connectivity index (χ0) is 17.7. The molecule has 0 aliphatic heterocycles. The van der Waals surface area contributed by atoms with Gasteiger partial charge in [-0.25, -0.2) is 0 Å². The second kappa shape index (κ2) is 7.73. The lowest BCUT2D eigenvalue weighted by Crippen LogP contribution is -2.38. The van der Waals surface area contributed by atoms with Gasteiger partial charge in [0.2, 0.25) is 5.91 Å². The molecule has 0 atom stereocenters. The molecule has 1 N–H and O–H groups in total. The Balaban J connectivity index is 2.08. The molecule has 5 heteroatoms. The number of nitrogens with one attached hydrogen (secondary N) is 1. The minimum absolute atomic E-state index is 0.0410. The van der Waals surface area contributed by atoms with Gasteiger partial charge in [0.15, 0.2) is 0 Å². The van der Waals surface area contributed by atoms with Crippen molar-refractivity contribution in [2.24, 2.45) is 0 Å². The number of carbonyl (C=O) groups excluding carboxylic acids is 2. The summed E-state index contributed by atoms with van der Waals surface area (Å²) in [5.74, 6) is -0.232. The monoisotopic (exact) mass is 325 g/mol. The van der Waals surface area contributed by atoms with Crippen molar-refractivity contribution in [3.05, 3.63) is 58.9 Å². The van der Waals surface area contributed by atoms with Gasteiger partial charge in [0.05, 0.1) is 5.56 Å². The van der Waals surface area contributed by atoms with Crippen LogP contribution in [0.25, 0.3) is 0 Å². The van der Waals surface area contributed by atoms with E-state index in [1.807, 2.05) is 20.8 Å². The Bertz CT molecular complexity index is 719. The third-order valence-electron chi connectivity index (χ3n) is 3.83. The molecule has 2 rings (SSSR count). The van der Waals surface area contributed by atoms with Crippen LogP contribution < -0.4 is 10.2 Å². The number of nitrogens with zero attached hydrogens (tertiary/aromatic N) is 2. The lowest BCUT2D eigenvalue weighted by atomic mass is 10.0. The van der Waals surface area contributed by atoms with Gasteiger partial charge in [-0.3, -0.25) is 14.6 Å². The Kier molecular flexibility index (Phi) is 5.68. The van der Waals surface area contributed by atoms with Gasteiger partial charge < -0.3 is 10.2 Å². The SMILES string of the molecule is CC(=O)N(CCNC(=O)c1cccnc1)c1c(C)cc(C)cc1C. The molecule has 0 fully saturated rings. The van der Waals surface area contributed by atoms with E-state index in [9.17, 15) is 9.59 Å². The summed E-state index contributed by atoms with van der Waals surface area (Å²) in [7, 11) is 0. The number of hydrogen-bond donors (Lipinski definition) is 1. The van der Waals surface area contributed by atoms with Crippen LogP contribution in [-0.2, 0) is 4.79 Å². The molecule has 0 saturated heterocycles. The molecule has 24 heavy (non-hydrogen) atoms. The van der Waals surface area contributed by atoms with Crippen molar-refractivity contribution in [1.29, 1.82) is 0 Å². The highest BCUT2D eigenvalue weighted by molar-refractivity contribution is 5.95. The molecule has 1 aromatic carbocycles. The molecule has 0 spiro atoms. The Morgan fingerprint density at radius 2 is 1.83 bits per heavy atom. The fourth-order valence-corrected chi connectivity index (χ4v) is 2.91. The molecular formula is C19H23N3O2. The van der Waals surface area contributed by atoms with Gasteiger partial charge in [0.25, 0.3) is 5.91 Å². The summed E-state index contributed by atoms with van der Waals surface area (Å²) in [4.78, 5) is 29.8. The fourth-order valence-electron chi connectivity index (χ4n) is 2.91. The number of hydrogen-bond acceptors (Lipinski definition) is 3. The Labute approximate surface area is 142 Å². The molecule has 0 saturated carbocycles. The zero-order valence-corrected chi connectivity index (χ0v) is 14.6. The van der Waals surface area contributed by atoms with Gasteiger partial charge >= 0.3 is 0 Å². The van der Waals surface area contributed by atoms with Crippen LogP contribution in [-0.4, -0.2) is 29.9 Å². The van der Waals surface area contributed by atoms with Crippen LogP contribution in [0.3, 0.4) is 0 Å². The van der Waals surface area contributed by atoms with Crippen molar-refractivity contribution < 1.29 is 9.59 Å². The molecule has 1 heterocycles. The van der Waals surface area contributed by atoms with E-state index in [1.54, 1.807) is 30.2 Å². The first-order valence-electron chi connectivity index (χ1n) is 7.94.